The van der Waals surface area contributed by atoms with E-state index >= 15 is 0 Å². The number of carbonyl (C=O) groups is 1. The molecule has 0 bridgehead atoms. The van der Waals surface area contributed by atoms with Gasteiger partial charge in [0.1, 0.15) is 0 Å². The molecule has 2 aromatic carbocycles. The third kappa shape index (κ3) is 3.49. The number of thiazole rings is 1. The summed E-state index contributed by atoms with van der Waals surface area (Å²) >= 11 is 7.33. The van der Waals surface area contributed by atoms with Gasteiger partial charge in [0.25, 0.3) is 5.91 Å². The first-order valence-corrected chi connectivity index (χ1v) is 9.37. The number of nitrogens with zero attached hydrogens (tertiary/aromatic N) is 2. The number of hydrogen-bond donors (Lipinski definition) is 0. The lowest BCUT2D eigenvalue weighted by molar-refractivity contribution is 0.0960. The maximum atomic E-state index is 13.0. The second-order valence-corrected chi connectivity index (χ2v) is 7.14. The van der Waals surface area contributed by atoms with Crippen LogP contribution in [-0.2, 0) is 6.42 Å². The van der Waals surface area contributed by atoms with Crippen LogP contribution in [0, 0.1) is 0 Å². The fraction of sp³-hybridized carbons (Fsp3) is 0.100. The quantitative estimate of drug-likeness (QED) is 0.462. The molecule has 0 aliphatic heterocycles. The summed E-state index contributed by atoms with van der Waals surface area (Å²) in [5.74, 6) is -0.0331. The second-order valence-electron chi connectivity index (χ2n) is 5.76. The van der Waals surface area contributed by atoms with E-state index in [1.165, 1.54) is 11.3 Å². The van der Waals surface area contributed by atoms with E-state index in [4.69, 9.17) is 16.0 Å². The number of carbonyl (C=O) groups excluding carboxylic acids is 1. The van der Waals surface area contributed by atoms with Gasteiger partial charge in [0.15, 0.2) is 16.1 Å². The van der Waals surface area contributed by atoms with Crippen molar-refractivity contribution < 1.29 is 9.21 Å². The third-order valence-corrected chi connectivity index (χ3v) is 5.27. The van der Waals surface area contributed by atoms with Crippen LogP contribution in [0.3, 0.4) is 0 Å². The number of amides is 1. The average Bonchev–Trinajstić information content (AvgIpc) is 3.28. The molecule has 6 heteroatoms. The molecule has 0 aliphatic rings. The third-order valence-electron chi connectivity index (χ3n) is 4.01. The Hall–Kier alpha value is -2.63. The normalized spacial score (nSPS) is 11.0. The van der Waals surface area contributed by atoms with Crippen LogP contribution in [0.5, 0.6) is 0 Å². The first-order valence-electron chi connectivity index (χ1n) is 8.17. The Balaban J connectivity index is 1.67. The van der Waals surface area contributed by atoms with Gasteiger partial charge in [0.05, 0.1) is 10.2 Å². The minimum atomic E-state index is -0.244. The zero-order chi connectivity index (χ0) is 17.9. The van der Waals surface area contributed by atoms with Crippen molar-refractivity contribution in [1.29, 1.82) is 0 Å². The number of para-hydroxylation sites is 1. The fourth-order valence-electron chi connectivity index (χ4n) is 2.71. The van der Waals surface area contributed by atoms with Crippen LogP contribution in [-0.4, -0.2) is 17.4 Å². The van der Waals surface area contributed by atoms with Crippen LogP contribution in [0.25, 0.3) is 10.2 Å². The minimum Gasteiger partial charge on any atom is -0.440 e. The molecular formula is C20H15ClN2O2S. The molecule has 0 aliphatic carbocycles. The number of benzene rings is 2. The second kappa shape index (κ2) is 7.32. The number of halogens is 1. The van der Waals surface area contributed by atoms with Gasteiger partial charge in [0, 0.05) is 6.54 Å². The molecule has 0 radical (unpaired) electrons. The van der Waals surface area contributed by atoms with Gasteiger partial charge < -0.3 is 4.42 Å². The van der Waals surface area contributed by atoms with Crippen molar-refractivity contribution >= 4 is 44.2 Å². The number of furan rings is 1. The molecule has 4 rings (SSSR count). The predicted octanol–water partition coefficient (Wildman–Crippen LogP) is 5.43. The van der Waals surface area contributed by atoms with Crippen molar-refractivity contribution in [1.82, 2.24) is 4.98 Å². The average molecular weight is 383 g/mol. The van der Waals surface area contributed by atoms with Crippen molar-refractivity contribution in [3.05, 3.63) is 83.3 Å². The van der Waals surface area contributed by atoms with E-state index in [1.807, 2.05) is 54.6 Å². The van der Waals surface area contributed by atoms with Crippen LogP contribution in [0.2, 0.25) is 5.22 Å². The highest BCUT2D eigenvalue weighted by atomic mass is 35.5. The van der Waals surface area contributed by atoms with E-state index in [1.54, 1.807) is 17.0 Å². The summed E-state index contributed by atoms with van der Waals surface area (Å²) in [6.07, 6.45) is 0.719. The zero-order valence-electron chi connectivity index (χ0n) is 13.8. The maximum Gasteiger partial charge on any atom is 0.295 e. The van der Waals surface area contributed by atoms with Gasteiger partial charge in [0.2, 0.25) is 0 Å². The van der Waals surface area contributed by atoms with E-state index in [0.717, 1.165) is 22.2 Å². The summed E-state index contributed by atoms with van der Waals surface area (Å²) in [4.78, 5) is 19.3. The van der Waals surface area contributed by atoms with Gasteiger partial charge in [-0.1, -0.05) is 53.8 Å². The first kappa shape index (κ1) is 16.8. The number of fused-ring (bicyclic) bond motifs is 1. The van der Waals surface area contributed by atoms with Gasteiger partial charge in [-0.05, 0) is 47.9 Å². The largest absolute Gasteiger partial charge is 0.440 e. The van der Waals surface area contributed by atoms with E-state index in [9.17, 15) is 4.79 Å². The lowest BCUT2D eigenvalue weighted by Gasteiger charge is -2.18. The summed E-state index contributed by atoms with van der Waals surface area (Å²) in [6.45, 7) is 0.501. The molecule has 0 saturated heterocycles. The van der Waals surface area contributed by atoms with Crippen molar-refractivity contribution in [3.63, 3.8) is 0 Å². The smallest absolute Gasteiger partial charge is 0.295 e. The van der Waals surface area contributed by atoms with E-state index in [-0.39, 0.29) is 16.9 Å². The van der Waals surface area contributed by atoms with Crippen LogP contribution in [0.4, 0.5) is 5.13 Å². The van der Waals surface area contributed by atoms with Crippen LogP contribution in [0.1, 0.15) is 16.1 Å². The minimum absolute atomic E-state index is 0.195. The Morgan fingerprint density at radius 3 is 2.54 bits per heavy atom. The topological polar surface area (TPSA) is 46.3 Å². The Labute approximate surface area is 159 Å². The summed E-state index contributed by atoms with van der Waals surface area (Å²) in [7, 11) is 0. The zero-order valence-corrected chi connectivity index (χ0v) is 15.3. The van der Waals surface area contributed by atoms with E-state index < -0.39 is 0 Å². The molecule has 26 heavy (non-hydrogen) atoms. The molecule has 130 valence electrons. The molecule has 0 saturated carbocycles. The van der Waals surface area contributed by atoms with Crippen molar-refractivity contribution in [2.24, 2.45) is 0 Å². The van der Waals surface area contributed by atoms with Crippen LogP contribution in [0.15, 0.2) is 71.1 Å². The van der Waals surface area contributed by atoms with Gasteiger partial charge >= 0.3 is 0 Å². The van der Waals surface area contributed by atoms with Crippen molar-refractivity contribution in [3.8, 4) is 0 Å². The molecule has 2 aromatic heterocycles. The first-order chi connectivity index (χ1) is 12.7. The Morgan fingerprint density at radius 1 is 1.04 bits per heavy atom. The Morgan fingerprint density at radius 2 is 1.81 bits per heavy atom. The summed E-state index contributed by atoms with van der Waals surface area (Å²) in [5.41, 5.74) is 2.03. The van der Waals surface area contributed by atoms with E-state index in [2.05, 4.69) is 4.98 Å². The lowest BCUT2D eigenvalue weighted by atomic mass is 10.1. The molecule has 1 amide bonds. The molecule has 2 heterocycles. The number of hydrogen-bond acceptors (Lipinski definition) is 4. The summed E-state index contributed by atoms with van der Waals surface area (Å²) in [6, 6.07) is 21.1. The van der Waals surface area contributed by atoms with Crippen molar-refractivity contribution in [2.45, 2.75) is 6.42 Å². The lowest BCUT2D eigenvalue weighted by Crippen LogP contribution is -2.32. The van der Waals surface area contributed by atoms with Gasteiger partial charge in [-0.15, -0.1) is 0 Å². The fourth-order valence-corrected chi connectivity index (χ4v) is 3.84. The Kier molecular flexibility index (Phi) is 4.73. The van der Waals surface area contributed by atoms with Gasteiger partial charge in [-0.3, -0.25) is 9.69 Å². The Bertz CT molecular complexity index is 1010. The van der Waals surface area contributed by atoms with Crippen LogP contribution < -0.4 is 4.90 Å². The summed E-state index contributed by atoms with van der Waals surface area (Å²) < 4.78 is 6.36. The predicted molar refractivity (Wildman–Crippen MR) is 105 cm³/mol. The highest BCUT2D eigenvalue weighted by Crippen LogP contribution is 2.30. The number of aromatic nitrogens is 1. The van der Waals surface area contributed by atoms with Gasteiger partial charge in [-0.25, -0.2) is 4.98 Å². The van der Waals surface area contributed by atoms with Crippen molar-refractivity contribution in [2.75, 3.05) is 11.4 Å². The molecule has 4 aromatic rings. The summed E-state index contributed by atoms with van der Waals surface area (Å²) in [5, 5.41) is 0.848. The molecule has 0 unspecified atom stereocenters. The molecule has 0 atom stereocenters. The maximum absolute atomic E-state index is 13.0. The highest BCUT2D eigenvalue weighted by molar-refractivity contribution is 7.22. The van der Waals surface area contributed by atoms with Gasteiger partial charge in [-0.2, -0.15) is 0 Å². The highest BCUT2D eigenvalue weighted by Gasteiger charge is 2.23. The van der Waals surface area contributed by atoms with E-state index in [0.29, 0.717) is 11.7 Å². The molecule has 4 nitrogen and oxygen atoms in total. The monoisotopic (exact) mass is 382 g/mol. The standard InChI is InChI=1S/C20H15ClN2O2S/c21-18-11-10-16(25-18)19(24)23(13-12-14-6-2-1-3-7-14)20-22-15-8-4-5-9-17(15)26-20/h1-11H,12-13H2. The molecule has 0 fully saturated rings. The van der Waals surface area contributed by atoms with Crippen LogP contribution >= 0.6 is 22.9 Å². The molecule has 0 spiro atoms. The molecular weight excluding hydrogens is 368 g/mol. The SMILES string of the molecule is O=C(c1ccc(Cl)o1)N(CCc1ccccc1)c1nc2ccccc2s1. The number of anilines is 1. The molecule has 0 N–H and O–H groups in total. The number of rotatable bonds is 5.